The van der Waals surface area contributed by atoms with Crippen molar-refractivity contribution in [1.29, 1.82) is 0 Å². The summed E-state index contributed by atoms with van der Waals surface area (Å²) in [6.07, 6.45) is 8.97. The van der Waals surface area contributed by atoms with Gasteiger partial charge in [-0.1, -0.05) is 6.92 Å². The lowest BCUT2D eigenvalue weighted by atomic mass is 10.1. The normalized spacial score (nSPS) is 18.0. The average molecular weight is 287 g/mol. The van der Waals surface area contributed by atoms with Crippen LogP contribution in [-0.2, 0) is 6.54 Å². The van der Waals surface area contributed by atoms with Crippen LogP contribution in [0.1, 0.15) is 50.3 Å². The first-order valence-electron chi connectivity index (χ1n) is 8.67. The Kier molecular flexibility index (Phi) is 4.79. The number of aryl methyl sites for hydroxylation is 1. The number of hydrogen-bond donors (Lipinski definition) is 1. The van der Waals surface area contributed by atoms with E-state index in [0.29, 0.717) is 0 Å². The number of hydrogen-bond acceptors (Lipinski definition) is 3. The minimum absolute atomic E-state index is 0.939. The van der Waals surface area contributed by atoms with Crippen molar-refractivity contribution in [2.24, 2.45) is 11.8 Å². The lowest BCUT2D eigenvalue weighted by Crippen LogP contribution is -2.30. The standard InChI is InChI=1S/C18H29N3/c1-3-8-19-10-17-11-20-14(2)9-18(17)21(12-15-4-5-15)13-16-6-7-16/h9,11,15-16,19H,3-8,10,12-13H2,1-2H3. The minimum atomic E-state index is 0.939. The fourth-order valence-corrected chi connectivity index (χ4v) is 2.90. The van der Waals surface area contributed by atoms with E-state index in [9.17, 15) is 0 Å². The van der Waals surface area contributed by atoms with Crippen LogP contribution in [0.15, 0.2) is 12.3 Å². The van der Waals surface area contributed by atoms with E-state index in [1.54, 1.807) is 0 Å². The predicted molar refractivity (Wildman–Crippen MR) is 88.6 cm³/mol. The van der Waals surface area contributed by atoms with Gasteiger partial charge < -0.3 is 10.2 Å². The van der Waals surface area contributed by atoms with Gasteiger partial charge in [0, 0.05) is 42.8 Å². The molecule has 0 aromatic carbocycles. The topological polar surface area (TPSA) is 28.2 Å². The number of rotatable bonds is 9. The van der Waals surface area contributed by atoms with Crippen LogP contribution in [0, 0.1) is 18.8 Å². The molecule has 0 saturated heterocycles. The van der Waals surface area contributed by atoms with Gasteiger partial charge in [0.1, 0.15) is 0 Å². The van der Waals surface area contributed by atoms with Crippen LogP contribution in [0.2, 0.25) is 0 Å². The maximum absolute atomic E-state index is 4.52. The van der Waals surface area contributed by atoms with Gasteiger partial charge in [0.2, 0.25) is 0 Å². The van der Waals surface area contributed by atoms with E-state index in [4.69, 9.17) is 0 Å². The second kappa shape index (κ2) is 6.78. The lowest BCUT2D eigenvalue weighted by Gasteiger charge is -2.27. The zero-order valence-corrected chi connectivity index (χ0v) is 13.6. The van der Waals surface area contributed by atoms with Gasteiger partial charge in [-0.15, -0.1) is 0 Å². The molecule has 2 aliphatic carbocycles. The van der Waals surface area contributed by atoms with Gasteiger partial charge in [0.25, 0.3) is 0 Å². The minimum Gasteiger partial charge on any atom is -0.371 e. The van der Waals surface area contributed by atoms with E-state index in [-0.39, 0.29) is 0 Å². The van der Waals surface area contributed by atoms with E-state index in [0.717, 1.165) is 30.6 Å². The van der Waals surface area contributed by atoms with Crippen molar-refractivity contribution >= 4 is 5.69 Å². The molecule has 3 nitrogen and oxygen atoms in total. The van der Waals surface area contributed by atoms with Crippen LogP contribution >= 0.6 is 0 Å². The lowest BCUT2D eigenvalue weighted by molar-refractivity contribution is 0.652. The summed E-state index contributed by atoms with van der Waals surface area (Å²) in [6.45, 7) is 8.86. The molecule has 1 N–H and O–H groups in total. The highest BCUT2D eigenvalue weighted by molar-refractivity contribution is 5.54. The van der Waals surface area contributed by atoms with Gasteiger partial charge in [-0.2, -0.15) is 0 Å². The third kappa shape index (κ3) is 4.44. The van der Waals surface area contributed by atoms with E-state index in [1.807, 2.05) is 0 Å². The highest BCUT2D eigenvalue weighted by Crippen LogP contribution is 2.36. The van der Waals surface area contributed by atoms with E-state index in [2.05, 4.69) is 41.3 Å². The summed E-state index contributed by atoms with van der Waals surface area (Å²) in [5, 5.41) is 3.54. The molecule has 0 atom stereocenters. The number of aromatic nitrogens is 1. The Bertz CT molecular complexity index is 450. The van der Waals surface area contributed by atoms with E-state index >= 15 is 0 Å². The first-order chi connectivity index (χ1) is 10.3. The zero-order valence-electron chi connectivity index (χ0n) is 13.6. The van der Waals surface area contributed by atoms with Crippen molar-refractivity contribution in [2.75, 3.05) is 24.5 Å². The highest BCUT2D eigenvalue weighted by Gasteiger charge is 2.30. The molecule has 0 bridgehead atoms. The number of pyridine rings is 1. The van der Waals surface area contributed by atoms with Gasteiger partial charge in [0.05, 0.1) is 0 Å². The van der Waals surface area contributed by atoms with Crippen LogP contribution in [0.4, 0.5) is 5.69 Å². The molecule has 2 fully saturated rings. The summed E-state index contributed by atoms with van der Waals surface area (Å²) in [5.74, 6) is 1.88. The third-order valence-corrected chi connectivity index (χ3v) is 4.53. The SMILES string of the molecule is CCCNCc1cnc(C)cc1N(CC1CC1)CC1CC1. The molecule has 2 aliphatic rings. The quantitative estimate of drug-likeness (QED) is 0.704. The molecule has 2 saturated carbocycles. The molecule has 21 heavy (non-hydrogen) atoms. The first-order valence-corrected chi connectivity index (χ1v) is 8.67. The monoisotopic (exact) mass is 287 g/mol. The second-order valence-corrected chi connectivity index (χ2v) is 6.92. The molecule has 1 aromatic heterocycles. The molecule has 116 valence electrons. The van der Waals surface area contributed by atoms with Crippen LogP contribution in [-0.4, -0.2) is 24.6 Å². The largest absolute Gasteiger partial charge is 0.371 e. The number of anilines is 1. The van der Waals surface area contributed by atoms with Crippen LogP contribution < -0.4 is 10.2 Å². The Morgan fingerprint density at radius 3 is 2.43 bits per heavy atom. The summed E-state index contributed by atoms with van der Waals surface area (Å²) in [6, 6.07) is 2.30. The summed E-state index contributed by atoms with van der Waals surface area (Å²) in [7, 11) is 0. The van der Waals surface area contributed by atoms with Crippen molar-refractivity contribution < 1.29 is 0 Å². The van der Waals surface area contributed by atoms with Gasteiger partial charge in [-0.05, 0) is 63.5 Å². The fourth-order valence-electron chi connectivity index (χ4n) is 2.90. The summed E-state index contributed by atoms with van der Waals surface area (Å²) in [4.78, 5) is 7.18. The zero-order chi connectivity index (χ0) is 14.7. The number of nitrogens with zero attached hydrogens (tertiary/aromatic N) is 2. The molecule has 0 amide bonds. The number of nitrogens with one attached hydrogen (secondary N) is 1. The molecule has 3 heteroatoms. The van der Waals surface area contributed by atoms with Crippen molar-refractivity contribution in [1.82, 2.24) is 10.3 Å². The Morgan fingerprint density at radius 1 is 1.19 bits per heavy atom. The molecule has 3 rings (SSSR count). The van der Waals surface area contributed by atoms with Crippen molar-refractivity contribution in [2.45, 2.75) is 52.5 Å². The molecule has 0 radical (unpaired) electrons. The molecule has 0 aliphatic heterocycles. The summed E-state index contributed by atoms with van der Waals surface area (Å²) in [5.41, 5.74) is 3.95. The van der Waals surface area contributed by atoms with Crippen LogP contribution in [0.5, 0.6) is 0 Å². The highest BCUT2D eigenvalue weighted by atomic mass is 15.1. The maximum Gasteiger partial charge on any atom is 0.0445 e. The van der Waals surface area contributed by atoms with Crippen molar-refractivity contribution in [3.05, 3.63) is 23.5 Å². The second-order valence-electron chi connectivity index (χ2n) is 6.92. The van der Waals surface area contributed by atoms with Crippen LogP contribution in [0.3, 0.4) is 0 Å². The first kappa shape index (κ1) is 14.8. The predicted octanol–water partition coefficient (Wildman–Crippen LogP) is 3.52. The van der Waals surface area contributed by atoms with Crippen molar-refractivity contribution in [3.63, 3.8) is 0 Å². The van der Waals surface area contributed by atoms with Gasteiger partial charge in [0.15, 0.2) is 0 Å². The molecular formula is C18H29N3. The van der Waals surface area contributed by atoms with Crippen LogP contribution in [0.25, 0.3) is 0 Å². The van der Waals surface area contributed by atoms with Gasteiger partial charge in [-0.25, -0.2) is 0 Å². The maximum atomic E-state index is 4.52. The molecule has 1 aromatic rings. The Balaban J connectivity index is 1.75. The van der Waals surface area contributed by atoms with Gasteiger partial charge in [-0.3, -0.25) is 4.98 Å². The summed E-state index contributed by atoms with van der Waals surface area (Å²) < 4.78 is 0. The smallest absolute Gasteiger partial charge is 0.0445 e. The molecule has 1 heterocycles. The Hall–Kier alpha value is -1.09. The third-order valence-electron chi connectivity index (χ3n) is 4.53. The molecule has 0 spiro atoms. The van der Waals surface area contributed by atoms with Crippen molar-refractivity contribution in [3.8, 4) is 0 Å². The van der Waals surface area contributed by atoms with E-state index in [1.165, 1.54) is 56.4 Å². The molecular weight excluding hydrogens is 258 g/mol. The molecule has 0 unspecified atom stereocenters. The Morgan fingerprint density at radius 2 is 1.86 bits per heavy atom. The van der Waals surface area contributed by atoms with Gasteiger partial charge >= 0.3 is 0 Å². The Labute approximate surface area is 129 Å². The summed E-state index contributed by atoms with van der Waals surface area (Å²) >= 11 is 0. The average Bonchev–Trinajstić information content (AvgIpc) is 3.35. The fraction of sp³-hybridized carbons (Fsp3) is 0.722. The van der Waals surface area contributed by atoms with E-state index < -0.39 is 0 Å².